The second kappa shape index (κ2) is 4.90. The van der Waals surface area contributed by atoms with Gasteiger partial charge in [-0.2, -0.15) is 0 Å². The van der Waals surface area contributed by atoms with Crippen molar-refractivity contribution in [2.45, 2.75) is 45.1 Å². The Labute approximate surface area is 122 Å². The van der Waals surface area contributed by atoms with E-state index in [1.54, 1.807) is 11.3 Å². The fourth-order valence-electron chi connectivity index (χ4n) is 2.81. The van der Waals surface area contributed by atoms with Crippen LogP contribution in [0.3, 0.4) is 0 Å². The average molecular weight is 286 g/mol. The van der Waals surface area contributed by atoms with Crippen LogP contribution in [-0.4, -0.2) is 21.5 Å². The minimum Gasteiger partial charge on any atom is -0.312 e. The predicted octanol–water partition coefficient (Wildman–Crippen LogP) is 2.36. The molecule has 104 valence electrons. The highest BCUT2D eigenvalue weighted by Crippen LogP contribution is 2.41. The zero-order valence-electron chi connectivity index (χ0n) is 11.6. The number of nitrogens with one attached hydrogen (secondary N) is 1. The van der Waals surface area contributed by atoms with E-state index in [4.69, 9.17) is 9.97 Å². The molecule has 0 atom stereocenters. The molecule has 1 N–H and O–H groups in total. The number of aromatic nitrogens is 3. The number of hydrogen-bond acceptors (Lipinski definition) is 5. The molecule has 0 aromatic carbocycles. The first kappa shape index (κ1) is 12.4. The molecule has 4 nitrogen and oxygen atoms in total. The van der Waals surface area contributed by atoms with Gasteiger partial charge in [0.05, 0.1) is 17.8 Å². The van der Waals surface area contributed by atoms with Crippen molar-refractivity contribution in [1.82, 2.24) is 20.3 Å². The van der Waals surface area contributed by atoms with E-state index in [1.165, 1.54) is 29.8 Å². The summed E-state index contributed by atoms with van der Waals surface area (Å²) in [5, 5.41) is 6.67. The quantitative estimate of drug-likeness (QED) is 0.941. The van der Waals surface area contributed by atoms with Crippen molar-refractivity contribution in [1.29, 1.82) is 0 Å². The summed E-state index contributed by atoms with van der Waals surface area (Å²) in [4.78, 5) is 14.2. The first-order valence-electron chi connectivity index (χ1n) is 7.30. The molecule has 4 rings (SSSR count). The fourth-order valence-corrected chi connectivity index (χ4v) is 3.58. The molecule has 1 aliphatic heterocycles. The van der Waals surface area contributed by atoms with Gasteiger partial charge in [0.1, 0.15) is 10.8 Å². The summed E-state index contributed by atoms with van der Waals surface area (Å²) in [7, 11) is 0. The number of hydrogen-bond donors (Lipinski definition) is 1. The monoisotopic (exact) mass is 286 g/mol. The zero-order valence-corrected chi connectivity index (χ0v) is 12.5. The Morgan fingerprint density at radius 3 is 2.95 bits per heavy atom. The molecule has 0 bridgehead atoms. The highest BCUT2D eigenvalue weighted by molar-refractivity contribution is 7.09. The molecule has 2 aromatic heterocycles. The maximum Gasteiger partial charge on any atom is 0.135 e. The van der Waals surface area contributed by atoms with Crippen molar-refractivity contribution in [3.05, 3.63) is 38.9 Å². The summed E-state index contributed by atoms with van der Waals surface area (Å²) in [6.07, 6.45) is 4.39. The van der Waals surface area contributed by atoms with Gasteiger partial charge in [-0.25, -0.2) is 15.0 Å². The van der Waals surface area contributed by atoms with Gasteiger partial charge < -0.3 is 5.32 Å². The van der Waals surface area contributed by atoms with Crippen LogP contribution in [0.5, 0.6) is 0 Å². The standard InChI is InChI=1S/C15H18N4S/c1-9-8-20-14(17-9)6-13-18-12-4-5-16-7-11(12)15(19-13)10-2-3-10/h8,10,16H,2-7H2,1H3. The van der Waals surface area contributed by atoms with Crippen molar-refractivity contribution in [2.24, 2.45) is 0 Å². The van der Waals surface area contributed by atoms with Gasteiger partial charge in [0.15, 0.2) is 0 Å². The van der Waals surface area contributed by atoms with E-state index in [2.05, 4.69) is 15.7 Å². The average Bonchev–Trinajstić information content (AvgIpc) is 3.22. The predicted molar refractivity (Wildman–Crippen MR) is 79.1 cm³/mol. The SMILES string of the molecule is Cc1csc(Cc2nc3c(c(C4CC4)n2)CNCC3)n1. The van der Waals surface area contributed by atoms with Crippen LogP contribution in [0.2, 0.25) is 0 Å². The lowest BCUT2D eigenvalue weighted by atomic mass is 10.0. The van der Waals surface area contributed by atoms with Gasteiger partial charge in [0.25, 0.3) is 0 Å². The lowest BCUT2D eigenvalue weighted by Gasteiger charge is -2.20. The van der Waals surface area contributed by atoms with E-state index >= 15 is 0 Å². The van der Waals surface area contributed by atoms with Crippen molar-refractivity contribution in [3.8, 4) is 0 Å². The van der Waals surface area contributed by atoms with Gasteiger partial charge in [-0.1, -0.05) is 0 Å². The summed E-state index contributed by atoms with van der Waals surface area (Å²) in [6, 6.07) is 0. The largest absolute Gasteiger partial charge is 0.312 e. The second-order valence-electron chi connectivity index (χ2n) is 5.71. The molecule has 5 heteroatoms. The summed E-state index contributed by atoms with van der Waals surface area (Å²) < 4.78 is 0. The van der Waals surface area contributed by atoms with E-state index in [-0.39, 0.29) is 0 Å². The molecule has 20 heavy (non-hydrogen) atoms. The van der Waals surface area contributed by atoms with Gasteiger partial charge >= 0.3 is 0 Å². The van der Waals surface area contributed by atoms with Gasteiger partial charge in [-0.3, -0.25) is 0 Å². The zero-order chi connectivity index (χ0) is 13.5. The first-order chi connectivity index (χ1) is 9.79. The van der Waals surface area contributed by atoms with Crippen molar-refractivity contribution in [3.63, 3.8) is 0 Å². The van der Waals surface area contributed by atoms with Crippen LogP contribution in [0.1, 0.15) is 52.2 Å². The van der Waals surface area contributed by atoms with E-state index in [0.29, 0.717) is 5.92 Å². The smallest absolute Gasteiger partial charge is 0.135 e. The summed E-state index contributed by atoms with van der Waals surface area (Å²) in [5.41, 5.74) is 5.04. The van der Waals surface area contributed by atoms with Crippen molar-refractivity contribution < 1.29 is 0 Å². The Bertz CT molecular complexity index is 645. The normalized spacial score (nSPS) is 18.1. The molecule has 3 heterocycles. The van der Waals surface area contributed by atoms with Crippen LogP contribution >= 0.6 is 11.3 Å². The van der Waals surface area contributed by atoms with Gasteiger partial charge in [0.2, 0.25) is 0 Å². The number of thiazole rings is 1. The summed E-state index contributed by atoms with van der Waals surface area (Å²) in [5.74, 6) is 1.64. The number of fused-ring (bicyclic) bond motifs is 1. The Hall–Kier alpha value is -1.33. The molecule has 0 unspecified atom stereocenters. The van der Waals surface area contributed by atoms with E-state index < -0.39 is 0 Å². The molecule has 1 fully saturated rings. The van der Waals surface area contributed by atoms with Gasteiger partial charge in [0, 0.05) is 42.1 Å². The Morgan fingerprint density at radius 1 is 1.30 bits per heavy atom. The first-order valence-corrected chi connectivity index (χ1v) is 8.18. The maximum atomic E-state index is 4.87. The highest BCUT2D eigenvalue weighted by atomic mass is 32.1. The molecule has 0 amide bonds. The molecular formula is C15H18N4S. The van der Waals surface area contributed by atoms with Crippen LogP contribution in [0.15, 0.2) is 5.38 Å². The molecule has 0 radical (unpaired) electrons. The molecule has 1 saturated carbocycles. The maximum absolute atomic E-state index is 4.87. The summed E-state index contributed by atoms with van der Waals surface area (Å²) >= 11 is 1.71. The van der Waals surface area contributed by atoms with Crippen LogP contribution in [0, 0.1) is 6.92 Å². The van der Waals surface area contributed by atoms with Gasteiger partial charge in [-0.05, 0) is 19.8 Å². The topological polar surface area (TPSA) is 50.7 Å². The minimum absolute atomic E-state index is 0.684. The van der Waals surface area contributed by atoms with Crippen LogP contribution < -0.4 is 5.32 Å². The Morgan fingerprint density at radius 2 is 2.20 bits per heavy atom. The minimum atomic E-state index is 0.684. The number of rotatable bonds is 3. The molecule has 1 aliphatic carbocycles. The molecular weight excluding hydrogens is 268 g/mol. The molecule has 0 saturated heterocycles. The van der Waals surface area contributed by atoms with E-state index in [1.807, 2.05) is 6.92 Å². The lowest BCUT2D eigenvalue weighted by Crippen LogP contribution is -2.27. The Balaban J connectivity index is 1.70. The van der Waals surface area contributed by atoms with E-state index in [0.717, 1.165) is 42.5 Å². The van der Waals surface area contributed by atoms with Crippen LogP contribution in [-0.2, 0) is 19.4 Å². The van der Waals surface area contributed by atoms with Crippen LogP contribution in [0.4, 0.5) is 0 Å². The van der Waals surface area contributed by atoms with Gasteiger partial charge in [-0.15, -0.1) is 11.3 Å². The van der Waals surface area contributed by atoms with Crippen molar-refractivity contribution >= 4 is 11.3 Å². The third-order valence-corrected chi connectivity index (χ3v) is 4.92. The number of aryl methyl sites for hydroxylation is 1. The highest BCUT2D eigenvalue weighted by Gasteiger charge is 2.30. The molecule has 2 aromatic rings. The van der Waals surface area contributed by atoms with E-state index in [9.17, 15) is 0 Å². The van der Waals surface area contributed by atoms with Crippen molar-refractivity contribution in [2.75, 3.05) is 6.54 Å². The third kappa shape index (κ3) is 2.36. The van der Waals surface area contributed by atoms with Crippen LogP contribution in [0.25, 0.3) is 0 Å². The number of nitrogens with zero attached hydrogens (tertiary/aromatic N) is 3. The molecule has 2 aliphatic rings. The summed E-state index contributed by atoms with van der Waals surface area (Å²) in [6.45, 7) is 4.01. The lowest BCUT2D eigenvalue weighted by molar-refractivity contribution is 0.610. The second-order valence-corrected chi connectivity index (χ2v) is 6.65. The third-order valence-electron chi connectivity index (χ3n) is 3.95. The Kier molecular flexibility index (Phi) is 3.04. The molecule has 0 spiro atoms. The fraction of sp³-hybridized carbons (Fsp3) is 0.533.